The van der Waals surface area contributed by atoms with Crippen LogP contribution in [-0.4, -0.2) is 91.1 Å². The van der Waals surface area contributed by atoms with Gasteiger partial charge in [-0.25, -0.2) is 4.79 Å². The van der Waals surface area contributed by atoms with Crippen molar-refractivity contribution >= 4 is 29.2 Å². The summed E-state index contributed by atoms with van der Waals surface area (Å²) in [6.45, 7) is 6.56. The molecule has 2 heterocycles. The number of hydrogen-bond donors (Lipinski definition) is 3. The molecule has 0 aliphatic carbocycles. The summed E-state index contributed by atoms with van der Waals surface area (Å²) in [5.74, 6) is 0.716. The van der Waals surface area contributed by atoms with Gasteiger partial charge in [0, 0.05) is 55.7 Å². The van der Waals surface area contributed by atoms with Crippen LogP contribution in [0.25, 0.3) is 0 Å². The number of fused-ring (bicyclic) bond motifs is 2. The first-order chi connectivity index (χ1) is 23.6. The third kappa shape index (κ3) is 9.21. The Morgan fingerprint density at radius 2 is 1.67 bits per heavy atom. The second kappa shape index (κ2) is 16.5. The van der Waals surface area contributed by atoms with Gasteiger partial charge in [-0.05, 0) is 75.6 Å². The Bertz CT molecular complexity index is 1600. The van der Waals surface area contributed by atoms with E-state index >= 15 is 0 Å². The number of aliphatic hydroxyl groups excluding tert-OH is 1. The lowest BCUT2D eigenvalue weighted by atomic mass is 10.0. The van der Waals surface area contributed by atoms with Gasteiger partial charge in [-0.15, -0.1) is 0 Å². The monoisotopic (exact) mass is 674 g/mol. The molecule has 0 aromatic heterocycles. The zero-order chi connectivity index (χ0) is 34.9. The Morgan fingerprint density at radius 1 is 0.959 bits per heavy atom. The number of likely N-dealkylation sites (N-methyl/N-ethyl adjacent to an activating group) is 1. The Kier molecular flexibility index (Phi) is 12.0. The van der Waals surface area contributed by atoms with Gasteiger partial charge >= 0.3 is 6.03 Å². The van der Waals surface area contributed by atoms with E-state index in [-0.39, 0.29) is 61.9 Å². The predicted octanol–water partition coefficient (Wildman–Crippen LogP) is 5.63. The Balaban J connectivity index is 1.36. The van der Waals surface area contributed by atoms with Gasteiger partial charge < -0.3 is 44.5 Å². The lowest BCUT2D eigenvalue weighted by Gasteiger charge is -2.35. The normalized spacial score (nSPS) is 20.3. The van der Waals surface area contributed by atoms with Crippen LogP contribution < -0.4 is 24.8 Å². The van der Waals surface area contributed by atoms with E-state index in [1.54, 1.807) is 84.4 Å². The third-order valence-electron chi connectivity index (χ3n) is 8.77. The van der Waals surface area contributed by atoms with E-state index in [4.69, 9.17) is 18.9 Å². The number of carbonyl (C=O) groups excluding carboxylic acids is 3. The van der Waals surface area contributed by atoms with E-state index in [1.165, 1.54) is 0 Å². The molecule has 0 fully saturated rings. The number of rotatable bonds is 7. The Hall–Kier alpha value is -4.81. The number of ether oxygens (including phenoxy) is 4. The maximum atomic E-state index is 14.4. The summed E-state index contributed by atoms with van der Waals surface area (Å²) in [5.41, 5.74) is 1.78. The van der Waals surface area contributed by atoms with Crippen molar-refractivity contribution in [2.45, 2.75) is 58.3 Å². The Labute approximate surface area is 287 Å². The Morgan fingerprint density at radius 3 is 2.43 bits per heavy atom. The zero-order valence-corrected chi connectivity index (χ0v) is 28.5. The minimum absolute atomic E-state index is 0.140. The highest BCUT2D eigenvalue weighted by molar-refractivity contribution is 6.05. The highest BCUT2D eigenvalue weighted by Gasteiger charge is 2.31. The standard InChI is InChI=1S/C37H46N4O8/c1-24-20-41(25(2)22-42)36(44)30-18-28(38-35(43)27-11-6-5-7-12-27)13-15-31(30)49-26(3)10-8-9-17-46-34(24)21-40(4)37(45)39-29-14-16-32-33(19-29)48-23-47-32/h5-7,11-16,18-19,24-26,34,42H,8-10,17,20-23H2,1-4H3,(H,38,43)(H,39,45)/t24-,25-,26-,34-/m1/s1. The molecule has 49 heavy (non-hydrogen) atoms. The molecule has 0 spiro atoms. The average Bonchev–Trinajstić information content (AvgIpc) is 3.58. The van der Waals surface area contributed by atoms with Crippen molar-refractivity contribution in [1.29, 1.82) is 0 Å². The van der Waals surface area contributed by atoms with E-state index in [0.717, 1.165) is 19.3 Å². The number of anilines is 2. The number of carbonyl (C=O) groups is 3. The molecular weight excluding hydrogens is 628 g/mol. The second-order valence-electron chi connectivity index (χ2n) is 12.7. The molecule has 3 aromatic rings. The van der Waals surface area contributed by atoms with Crippen molar-refractivity contribution < 1.29 is 38.4 Å². The van der Waals surface area contributed by atoms with Crippen molar-refractivity contribution in [3.05, 3.63) is 77.9 Å². The highest BCUT2D eigenvalue weighted by Crippen LogP contribution is 2.34. The van der Waals surface area contributed by atoms with Crippen LogP contribution in [-0.2, 0) is 4.74 Å². The van der Waals surface area contributed by atoms with Crippen LogP contribution in [0, 0.1) is 5.92 Å². The summed E-state index contributed by atoms with van der Waals surface area (Å²) < 4.78 is 23.5. The quantitative estimate of drug-likeness (QED) is 0.293. The molecule has 2 aliphatic rings. The van der Waals surface area contributed by atoms with Gasteiger partial charge in [-0.2, -0.15) is 0 Å². The van der Waals surface area contributed by atoms with Crippen molar-refractivity contribution in [1.82, 2.24) is 9.80 Å². The number of urea groups is 1. The van der Waals surface area contributed by atoms with E-state index in [9.17, 15) is 19.5 Å². The van der Waals surface area contributed by atoms with Gasteiger partial charge in [0.2, 0.25) is 6.79 Å². The van der Waals surface area contributed by atoms with Gasteiger partial charge in [-0.1, -0.05) is 25.1 Å². The van der Waals surface area contributed by atoms with Crippen molar-refractivity contribution in [3.8, 4) is 17.2 Å². The van der Waals surface area contributed by atoms with Crippen molar-refractivity contribution in [2.24, 2.45) is 5.92 Å². The van der Waals surface area contributed by atoms with Crippen LogP contribution >= 0.6 is 0 Å². The maximum absolute atomic E-state index is 14.4. The van der Waals surface area contributed by atoms with Gasteiger partial charge in [0.15, 0.2) is 11.5 Å². The zero-order valence-electron chi connectivity index (χ0n) is 28.5. The fraction of sp³-hybridized carbons (Fsp3) is 0.432. The number of hydrogen-bond acceptors (Lipinski definition) is 8. The first-order valence-corrected chi connectivity index (χ1v) is 16.7. The van der Waals surface area contributed by atoms with Gasteiger partial charge in [0.1, 0.15) is 5.75 Å². The first kappa shape index (κ1) is 35.5. The minimum Gasteiger partial charge on any atom is -0.490 e. The fourth-order valence-corrected chi connectivity index (χ4v) is 5.80. The van der Waals surface area contributed by atoms with E-state index in [0.29, 0.717) is 40.8 Å². The smallest absolute Gasteiger partial charge is 0.321 e. The lowest BCUT2D eigenvalue weighted by molar-refractivity contribution is -0.0115. The van der Waals surface area contributed by atoms with Crippen molar-refractivity contribution in [3.63, 3.8) is 0 Å². The van der Waals surface area contributed by atoms with E-state index in [1.807, 2.05) is 19.9 Å². The van der Waals surface area contributed by atoms with Gasteiger partial charge in [0.05, 0.1) is 30.4 Å². The fourth-order valence-electron chi connectivity index (χ4n) is 5.80. The largest absolute Gasteiger partial charge is 0.490 e. The lowest BCUT2D eigenvalue weighted by Crippen LogP contribution is -2.48. The van der Waals surface area contributed by atoms with Crippen molar-refractivity contribution in [2.75, 3.05) is 50.8 Å². The third-order valence-corrected chi connectivity index (χ3v) is 8.77. The predicted molar refractivity (Wildman–Crippen MR) is 185 cm³/mol. The molecule has 3 aromatic carbocycles. The van der Waals surface area contributed by atoms with E-state index < -0.39 is 12.1 Å². The SMILES string of the molecule is C[C@@H]1CCCCO[C@H](CN(C)C(=O)Nc2ccc3c(c2)OCO3)[C@H](C)CN([C@H](C)CO)C(=O)c2cc(NC(=O)c3ccccc3)ccc2O1. The number of benzene rings is 3. The topological polar surface area (TPSA) is 139 Å². The molecule has 4 atom stereocenters. The minimum atomic E-state index is -0.539. The second-order valence-corrected chi connectivity index (χ2v) is 12.7. The van der Waals surface area contributed by atoms with Crippen LogP contribution in [0.3, 0.4) is 0 Å². The molecule has 0 saturated heterocycles. The van der Waals surface area contributed by atoms with Crippen LogP contribution in [0.4, 0.5) is 16.2 Å². The van der Waals surface area contributed by atoms with Crippen LogP contribution in [0.2, 0.25) is 0 Å². The summed E-state index contributed by atoms with van der Waals surface area (Å²) in [7, 11) is 1.70. The number of nitrogens with zero attached hydrogens (tertiary/aromatic N) is 2. The summed E-state index contributed by atoms with van der Waals surface area (Å²) in [6.07, 6.45) is 1.75. The molecule has 12 nitrogen and oxygen atoms in total. The molecule has 0 radical (unpaired) electrons. The van der Waals surface area contributed by atoms with Gasteiger partial charge in [-0.3, -0.25) is 9.59 Å². The summed E-state index contributed by atoms with van der Waals surface area (Å²) >= 11 is 0. The molecule has 5 rings (SSSR count). The van der Waals surface area contributed by atoms with Crippen LogP contribution in [0.5, 0.6) is 17.2 Å². The molecular formula is C37H46N4O8. The first-order valence-electron chi connectivity index (χ1n) is 16.7. The molecule has 0 unspecified atom stereocenters. The van der Waals surface area contributed by atoms with Crippen LogP contribution in [0.1, 0.15) is 60.7 Å². The number of nitrogens with one attached hydrogen (secondary N) is 2. The van der Waals surface area contributed by atoms with Crippen LogP contribution in [0.15, 0.2) is 66.7 Å². The summed E-state index contributed by atoms with van der Waals surface area (Å²) in [4.78, 5) is 43.7. The molecule has 0 bridgehead atoms. The number of amides is 4. The molecule has 2 aliphatic heterocycles. The highest BCUT2D eigenvalue weighted by atomic mass is 16.7. The number of aliphatic hydroxyl groups is 1. The molecule has 0 saturated carbocycles. The van der Waals surface area contributed by atoms with Gasteiger partial charge in [0.25, 0.3) is 11.8 Å². The summed E-state index contributed by atoms with van der Waals surface area (Å²) in [5, 5.41) is 16.0. The molecule has 262 valence electrons. The average molecular weight is 675 g/mol. The maximum Gasteiger partial charge on any atom is 0.321 e. The molecule has 4 amide bonds. The molecule has 12 heteroatoms. The van der Waals surface area contributed by atoms with E-state index in [2.05, 4.69) is 10.6 Å². The molecule has 3 N–H and O–H groups in total. The summed E-state index contributed by atoms with van der Waals surface area (Å²) in [6, 6.07) is 18.2.